The van der Waals surface area contributed by atoms with E-state index in [1.807, 2.05) is 0 Å². The Morgan fingerprint density at radius 1 is 1.44 bits per heavy atom. The van der Waals surface area contributed by atoms with Crippen molar-refractivity contribution in [2.45, 2.75) is 32.2 Å². The quantitative estimate of drug-likeness (QED) is 0.711. The van der Waals surface area contributed by atoms with Gasteiger partial charge >= 0.3 is 5.97 Å². The van der Waals surface area contributed by atoms with Crippen LogP contribution < -0.4 is 0 Å². The van der Waals surface area contributed by atoms with E-state index >= 15 is 0 Å². The van der Waals surface area contributed by atoms with Crippen LogP contribution in [0.5, 0.6) is 0 Å². The van der Waals surface area contributed by atoms with Crippen molar-refractivity contribution in [2.75, 3.05) is 13.6 Å². The molecule has 0 aliphatic carbocycles. The molecule has 0 atom stereocenters. The van der Waals surface area contributed by atoms with Gasteiger partial charge in [-0.3, -0.25) is 4.79 Å². The Morgan fingerprint density at radius 2 is 2.25 bits per heavy atom. The predicted molar refractivity (Wildman–Crippen MR) is 66.8 cm³/mol. The van der Waals surface area contributed by atoms with Gasteiger partial charge in [0.2, 0.25) is 0 Å². The second-order valence-corrected chi connectivity index (χ2v) is 4.85. The fraction of sp³-hybridized carbons (Fsp3) is 0.583. The average molecular weight is 241 g/mol. The summed E-state index contributed by atoms with van der Waals surface area (Å²) in [6.45, 7) is 2.03. The molecule has 0 bridgehead atoms. The molecule has 1 rings (SSSR count). The fourth-order valence-electron chi connectivity index (χ4n) is 1.61. The molecule has 1 aromatic rings. The van der Waals surface area contributed by atoms with Gasteiger partial charge in [-0.1, -0.05) is 6.42 Å². The molecule has 1 heterocycles. The lowest BCUT2D eigenvalue weighted by Gasteiger charge is -2.15. The molecule has 4 heteroatoms. The number of thiophene rings is 1. The lowest BCUT2D eigenvalue weighted by molar-refractivity contribution is -0.137. The van der Waals surface area contributed by atoms with Crippen molar-refractivity contribution in [1.82, 2.24) is 4.90 Å². The van der Waals surface area contributed by atoms with E-state index in [2.05, 4.69) is 28.8 Å². The molecule has 0 saturated heterocycles. The maximum absolute atomic E-state index is 10.3. The maximum atomic E-state index is 10.3. The molecule has 1 aromatic heterocycles. The van der Waals surface area contributed by atoms with E-state index in [1.54, 1.807) is 11.3 Å². The average Bonchev–Trinajstić information content (AvgIpc) is 2.69. The van der Waals surface area contributed by atoms with Crippen molar-refractivity contribution >= 4 is 17.3 Å². The molecule has 0 fully saturated rings. The third-order valence-corrected chi connectivity index (χ3v) is 3.20. The minimum atomic E-state index is -0.688. The highest BCUT2D eigenvalue weighted by molar-refractivity contribution is 7.07. The zero-order chi connectivity index (χ0) is 11.8. The molecule has 0 aliphatic heterocycles. The van der Waals surface area contributed by atoms with Gasteiger partial charge in [0.15, 0.2) is 0 Å². The molecule has 0 radical (unpaired) electrons. The van der Waals surface area contributed by atoms with E-state index in [0.29, 0.717) is 6.42 Å². The van der Waals surface area contributed by atoms with Crippen LogP contribution in [-0.4, -0.2) is 29.6 Å². The van der Waals surface area contributed by atoms with Crippen LogP contribution in [-0.2, 0) is 11.3 Å². The Labute approximate surface area is 101 Å². The van der Waals surface area contributed by atoms with Crippen molar-refractivity contribution in [1.29, 1.82) is 0 Å². The third-order valence-electron chi connectivity index (χ3n) is 2.46. The minimum absolute atomic E-state index is 0.300. The second-order valence-electron chi connectivity index (χ2n) is 4.07. The van der Waals surface area contributed by atoms with E-state index in [-0.39, 0.29) is 0 Å². The van der Waals surface area contributed by atoms with Gasteiger partial charge in [0.25, 0.3) is 0 Å². The van der Waals surface area contributed by atoms with Gasteiger partial charge in [-0.25, -0.2) is 0 Å². The Kier molecular flexibility index (Phi) is 6.11. The zero-order valence-electron chi connectivity index (χ0n) is 9.69. The molecule has 0 aliphatic rings. The van der Waals surface area contributed by atoms with Crippen LogP contribution in [0.1, 0.15) is 31.2 Å². The number of rotatable bonds is 8. The molecule has 0 amide bonds. The third kappa shape index (κ3) is 5.88. The Bertz CT molecular complexity index is 298. The maximum Gasteiger partial charge on any atom is 0.303 e. The monoisotopic (exact) mass is 241 g/mol. The molecule has 0 unspecified atom stereocenters. The number of aliphatic carboxylic acids is 1. The lowest BCUT2D eigenvalue weighted by atomic mass is 10.2. The summed E-state index contributed by atoms with van der Waals surface area (Å²) in [5, 5.41) is 12.7. The topological polar surface area (TPSA) is 40.5 Å². The van der Waals surface area contributed by atoms with Crippen molar-refractivity contribution in [2.24, 2.45) is 0 Å². The number of hydrogen-bond acceptors (Lipinski definition) is 3. The first-order valence-corrected chi connectivity index (χ1v) is 6.54. The van der Waals surface area contributed by atoms with Crippen LogP contribution in [0.15, 0.2) is 16.8 Å². The number of carboxylic acid groups (broad SMARTS) is 1. The van der Waals surface area contributed by atoms with Crippen LogP contribution in [0.2, 0.25) is 0 Å². The summed E-state index contributed by atoms with van der Waals surface area (Å²) in [5.74, 6) is -0.688. The summed E-state index contributed by atoms with van der Waals surface area (Å²) in [6.07, 6.45) is 3.17. The number of carboxylic acids is 1. The van der Waals surface area contributed by atoms with Gasteiger partial charge in [0.05, 0.1) is 0 Å². The Morgan fingerprint density at radius 3 is 2.88 bits per heavy atom. The van der Waals surface area contributed by atoms with E-state index in [0.717, 1.165) is 32.4 Å². The Balaban J connectivity index is 2.02. The standard InChI is InChI=1S/C12H19NO2S/c1-13(9-11-6-8-16-10-11)7-4-2-3-5-12(14)15/h6,8,10H,2-5,7,9H2,1H3,(H,14,15). The molecular formula is C12H19NO2S. The Hall–Kier alpha value is -0.870. The highest BCUT2D eigenvalue weighted by Crippen LogP contribution is 2.09. The van der Waals surface area contributed by atoms with E-state index in [1.165, 1.54) is 5.56 Å². The van der Waals surface area contributed by atoms with Crippen LogP contribution in [0.25, 0.3) is 0 Å². The first-order chi connectivity index (χ1) is 7.68. The second kappa shape index (κ2) is 7.41. The summed E-state index contributed by atoms with van der Waals surface area (Å²) < 4.78 is 0. The van der Waals surface area contributed by atoms with E-state index < -0.39 is 5.97 Å². The van der Waals surface area contributed by atoms with Crippen LogP contribution in [0.3, 0.4) is 0 Å². The predicted octanol–water partition coefficient (Wildman–Crippen LogP) is 2.82. The normalized spacial score (nSPS) is 10.9. The summed E-state index contributed by atoms with van der Waals surface area (Å²) >= 11 is 1.72. The highest BCUT2D eigenvalue weighted by atomic mass is 32.1. The SMILES string of the molecule is CN(CCCCCC(=O)O)Cc1ccsc1. The number of nitrogens with zero attached hydrogens (tertiary/aromatic N) is 1. The van der Waals surface area contributed by atoms with Gasteiger partial charge in [0.1, 0.15) is 0 Å². The highest BCUT2D eigenvalue weighted by Gasteiger charge is 2.01. The van der Waals surface area contributed by atoms with Gasteiger partial charge in [-0.15, -0.1) is 0 Å². The summed E-state index contributed by atoms with van der Waals surface area (Å²) in [5.41, 5.74) is 1.36. The lowest BCUT2D eigenvalue weighted by Crippen LogP contribution is -2.18. The van der Waals surface area contributed by atoms with Crippen molar-refractivity contribution in [3.8, 4) is 0 Å². The van der Waals surface area contributed by atoms with E-state index in [4.69, 9.17) is 5.11 Å². The summed E-state index contributed by atoms with van der Waals surface area (Å²) in [6, 6.07) is 2.14. The largest absolute Gasteiger partial charge is 0.481 e. The summed E-state index contributed by atoms with van der Waals surface area (Å²) in [7, 11) is 2.11. The van der Waals surface area contributed by atoms with Gasteiger partial charge in [-0.2, -0.15) is 11.3 Å². The van der Waals surface area contributed by atoms with Crippen LogP contribution in [0.4, 0.5) is 0 Å². The first-order valence-electron chi connectivity index (χ1n) is 5.60. The number of hydrogen-bond donors (Lipinski definition) is 1. The fourth-order valence-corrected chi connectivity index (χ4v) is 2.27. The van der Waals surface area contributed by atoms with Crippen LogP contribution >= 0.6 is 11.3 Å². The number of unbranched alkanes of at least 4 members (excludes halogenated alkanes) is 2. The summed E-state index contributed by atoms with van der Waals surface area (Å²) in [4.78, 5) is 12.6. The minimum Gasteiger partial charge on any atom is -0.481 e. The molecule has 1 N–H and O–H groups in total. The van der Waals surface area contributed by atoms with Crippen LogP contribution in [0, 0.1) is 0 Å². The zero-order valence-corrected chi connectivity index (χ0v) is 10.5. The van der Waals surface area contributed by atoms with E-state index in [9.17, 15) is 4.79 Å². The molecule has 3 nitrogen and oxygen atoms in total. The van der Waals surface area contributed by atoms with Crippen molar-refractivity contribution < 1.29 is 9.90 Å². The smallest absolute Gasteiger partial charge is 0.303 e. The molecule has 16 heavy (non-hydrogen) atoms. The molecule has 90 valence electrons. The molecular weight excluding hydrogens is 222 g/mol. The van der Waals surface area contributed by atoms with Gasteiger partial charge in [-0.05, 0) is 48.8 Å². The molecule has 0 spiro atoms. The first kappa shape index (κ1) is 13.2. The van der Waals surface area contributed by atoms with Gasteiger partial charge in [0, 0.05) is 13.0 Å². The van der Waals surface area contributed by atoms with Crippen molar-refractivity contribution in [3.63, 3.8) is 0 Å². The van der Waals surface area contributed by atoms with Gasteiger partial charge < -0.3 is 10.0 Å². The molecule has 0 aromatic carbocycles. The van der Waals surface area contributed by atoms with Crippen molar-refractivity contribution in [3.05, 3.63) is 22.4 Å². The number of carbonyl (C=O) groups is 1. The molecule has 0 saturated carbocycles.